The minimum Gasteiger partial charge on any atom is -0.377 e. The van der Waals surface area contributed by atoms with Crippen LogP contribution in [-0.2, 0) is 20.5 Å². The minimum absolute atomic E-state index is 0.0561. The topological polar surface area (TPSA) is 81.4 Å². The molecule has 7 heteroatoms. The number of ether oxygens (including phenoxy) is 1. The van der Waals surface area contributed by atoms with Crippen molar-refractivity contribution in [3.8, 4) is 11.3 Å². The van der Waals surface area contributed by atoms with E-state index in [9.17, 15) is 8.42 Å². The Morgan fingerprint density at radius 1 is 1.35 bits per heavy atom. The molecule has 0 radical (unpaired) electrons. The Labute approximate surface area is 135 Å². The minimum atomic E-state index is -3.50. The number of hydrogen-bond acceptors (Lipinski definition) is 5. The molecule has 23 heavy (non-hydrogen) atoms. The van der Waals surface area contributed by atoms with Crippen LogP contribution >= 0.6 is 0 Å². The van der Waals surface area contributed by atoms with Crippen LogP contribution in [0.25, 0.3) is 11.3 Å². The molecule has 1 N–H and O–H groups in total. The number of hydrogen-bond donors (Lipinski definition) is 1. The summed E-state index contributed by atoms with van der Waals surface area (Å²) >= 11 is 0. The van der Waals surface area contributed by atoms with Gasteiger partial charge in [0.15, 0.2) is 5.76 Å². The third-order valence-electron chi connectivity index (χ3n) is 3.85. The summed E-state index contributed by atoms with van der Waals surface area (Å²) in [5.74, 6) is 0.0834. The number of sulfonamides is 1. The second kappa shape index (κ2) is 6.82. The van der Waals surface area contributed by atoms with Gasteiger partial charge in [-0.3, -0.25) is 0 Å². The van der Waals surface area contributed by atoms with Gasteiger partial charge in [0.1, 0.15) is 11.4 Å². The van der Waals surface area contributed by atoms with Crippen molar-refractivity contribution in [2.24, 2.45) is 0 Å². The second-order valence-electron chi connectivity index (χ2n) is 5.76. The Hall–Kier alpha value is -1.70. The third-order valence-corrected chi connectivity index (χ3v) is 5.24. The van der Waals surface area contributed by atoms with Crippen molar-refractivity contribution in [2.45, 2.75) is 37.7 Å². The largest absolute Gasteiger partial charge is 0.377 e. The normalized spacial score (nSPS) is 19.8. The van der Waals surface area contributed by atoms with Crippen LogP contribution in [-0.4, -0.2) is 32.3 Å². The Bertz CT molecular complexity index is 736. The molecule has 1 aliphatic rings. The van der Waals surface area contributed by atoms with E-state index >= 15 is 0 Å². The smallest absolute Gasteiger partial charge is 0.219 e. The molecule has 3 rings (SSSR count). The average Bonchev–Trinajstić information content (AvgIpc) is 3.18. The van der Waals surface area contributed by atoms with Crippen LogP contribution in [0, 0.1) is 0 Å². The van der Waals surface area contributed by atoms with E-state index in [1.165, 1.54) is 0 Å². The van der Waals surface area contributed by atoms with Crippen molar-refractivity contribution >= 4 is 10.0 Å². The van der Waals surface area contributed by atoms with E-state index < -0.39 is 10.0 Å². The maximum atomic E-state index is 12.3. The molecule has 1 aliphatic heterocycles. The quantitative estimate of drug-likeness (QED) is 0.875. The molecule has 2 aromatic rings. The zero-order valence-corrected chi connectivity index (χ0v) is 13.8. The maximum Gasteiger partial charge on any atom is 0.219 e. The van der Waals surface area contributed by atoms with E-state index in [1.54, 1.807) is 6.07 Å². The van der Waals surface area contributed by atoms with Gasteiger partial charge in [-0.05, 0) is 19.8 Å². The third kappa shape index (κ3) is 4.19. The van der Waals surface area contributed by atoms with Gasteiger partial charge in [-0.2, -0.15) is 0 Å². The van der Waals surface area contributed by atoms with Crippen molar-refractivity contribution < 1.29 is 17.7 Å². The predicted octanol–water partition coefficient (Wildman–Crippen LogP) is 2.33. The first-order valence-electron chi connectivity index (χ1n) is 7.66. The summed E-state index contributed by atoms with van der Waals surface area (Å²) in [7, 11) is -3.50. The highest BCUT2D eigenvalue weighted by Gasteiger charge is 2.27. The molecule has 0 amide bonds. The fraction of sp³-hybridized carbons (Fsp3) is 0.438. The first-order chi connectivity index (χ1) is 11.0. The lowest BCUT2D eigenvalue weighted by atomic mass is 10.1. The monoisotopic (exact) mass is 336 g/mol. The van der Waals surface area contributed by atoms with Gasteiger partial charge in [0.25, 0.3) is 0 Å². The molecule has 6 nitrogen and oxygen atoms in total. The number of nitrogens with zero attached hydrogens (tertiary/aromatic N) is 1. The lowest BCUT2D eigenvalue weighted by Gasteiger charge is -2.19. The molecule has 2 unspecified atom stereocenters. The standard InChI is InChI=1S/C16H20N2O4S/c1-12(16-8-5-9-21-16)18-23(19,20)11-14-10-15(17-22-14)13-6-3-2-4-7-13/h2-4,6-7,10,12,16,18H,5,8-9,11H2,1H3. The van der Waals surface area contributed by atoms with Gasteiger partial charge in [0.2, 0.25) is 10.0 Å². The molecule has 124 valence electrons. The molecule has 1 aromatic carbocycles. The van der Waals surface area contributed by atoms with E-state index in [-0.39, 0.29) is 17.9 Å². The first-order valence-corrected chi connectivity index (χ1v) is 9.31. The Morgan fingerprint density at radius 3 is 2.83 bits per heavy atom. The molecule has 1 aromatic heterocycles. The zero-order valence-electron chi connectivity index (χ0n) is 12.9. The van der Waals surface area contributed by atoms with Crippen LogP contribution in [0.2, 0.25) is 0 Å². The Morgan fingerprint density at radius 2 is 2.13 bits per heavy atom. The van der Waals surface area contributed by atoms with E-state index in [4.69, 9.17) is 9.26 Å². The molecule has 0 bridgehead atoms. The summed E-state index contributed by atoms with van der Waals surface area (Å²) in [6.07, 6.45) is 1.79. The fourth-order valence-corrected chi connectivity index (χ4v) is 4.02. The van der Waals surface area contributed by atoms with Crippen LogP contribution < -0.4 is 4.72 Å². The Balaban J connectivity index is 1.65. The number of aromatic nitrogens is 1. The van der Waals surface area contributed by atoms with Gasteiger partial charge < -0.3 is 9.26 Å². The SMILES string of the molecule is CC(NS(=O)(=O)Cc1cc(-c2ccccc2)no1)C1CCCO1. The lowest BCUT2D eigenvalue weighted by molar-refractivity contribution is 0.0902. The maximum absolute atomic E-state index is 12.3. The summed E-state index contributed by atoms with van der Waals surface area (Å²) in [6.45, 7) is 2.52. The summed E-state index contributed by atoms with van der Waals surface area (Å²) in [5, 5.41) is 3.94. The van der Waals surface area contributed by atoms with Crippen LogP contribution in [0.4, 0.5) is 0 Å². The van der Waals surface area contributed by atoms with Gasteiger partial charge in [0, 0.05) is 24.3 Å². The van der Waals surface area contributed by atoms with E-state index in [0.717, 1.165) is 18.4 Å². The van der Waals surface area contributed by atoms with Gasteiger partial charge in [-0.15, -0.1) is 0 Å². The van der Waals surface area contributed by atoms with E-state index in [2.05, 4.69) is 9.88 Å². The molecule has 1 saturated heterocycles. The van der Waals surface area contributed by atoms with Crippen LogP contribution in [0.3, 0.4) is 0 Å². The summed E-state index contributed by atoms with van der Waals surface area (Å²) in [4.78, 5) is 0. The van der Waals surface area contributed by atoms with Crippen LogP contribution in [0.1, 0.15) is 25.5 Å². The van der Waals surface area contributed by atoms with E-state index in [1.807, 2.05) is 37.3 Å². The van der Waals surface area contributed by atoms with Crippen LogP contribution in [0.5, 0.6) is 0 Å². The first kappa shape index (κ1) is 16.2. The van der Waals surface area contributed by atoms with Crippen molar-refractivity contribution in [2.75, 3.05) is 6.61 Å². The Kier molecular flexibility index (Phi) is 4.79. The summed E-state index contributed by atoms with van der Waals surface area (Å²) in [5.41, 5.74) is 1.52. The molecular formula is C16H20N2O4S. The van der Waals surface area contributed by atoms with Gasteiger partial charge in [-0.1, -0.05) is 35.5 Å². The van der Waals surface area contributed by atoms with E-state index in [0.29, 0.717) is 18.1 Å². The average molecular weight is 336 g/mol. The summed E-state index contributed by atoms with van der Waals surface area (Å²) < 4.78 is 37.8. The van der Waals surface area contributed by atoms with Gasteiger partial charge in [0.05, 0.1) is 6.10 Å². The summed E-state index contributed by atoms with van der Waals surface area (Å²) in [6, 6.07) is 10.9. The fourth-order valence-electron chi connectivity index (χ4n) is 2.71. The lowest BCUT2D eigenvalue weighted by Crippen LogP contribution is -2.41. The number of benzene rings is 1. The van der Waals surface area contributed by atoms with Crippen molar-refractivity contribution in [3.63, 3.8) is 0 Å². The van der Waals surface area contributed by atoms with Gasteiger partial charge in [-0.25, -0.2) is 13.1 Å². The molecule has 2 atom stereocenters. The number of nitrogens with one attached hydrogen (secondary N) is 1. The van der Waals surface area contributed by atoms with Crippen molar-refractivity contribution in [1.82, 2.24) is 9.88 Å². The van der Waals surface area contributed by atoms with Crippen molar-refractivity contribution in [1.29, 1.82) is 0 Å². The number of rotatable bonds is 6. The van der Waals surface area contributed by atoms with Crippen molar-refractivity contribution in [3.05, 3.63) is 42.2 Å². The molecule has 2 heterocycles. The molecule has 1 fully saturated rings. The predicted molar refractivity (Wildman–Crippen MR) is 86.1 cm³/mol. The molecular weight excluding hydrogens is 316 g/mol. The highest BCUT2D eigenvalue weighted by molar-refractivity contribution is 7.88. The van der Waals surface area contributed by atoms with Crippen LogP contribution in [0.15, 0.2) is 40.9 Å². The molecule has 0 aliphatic carbocycles. The van der Waals surface area contributed by atoms with Gasteiger partial charge >= 0.3 is 0 Å². The second-order valence-corrected chi connectivity index (χ2v) is 7.52. The molecule has 0 spiro atoms. The zero-order chi connectivity index (χ0) is 16.3. The highest BCUT2D eigenvalue weighted by Crippen LogP contribution is 2.20. The molecule has 0 saturated carbocycles. The highest BCUT2D eigenvalue weighted by atomic mass is 32.2.